The number of rotatable bonds is 6. The molecule has 6 nitrogen and oxygen atoms in total. The van der Waals surface area contributed by atoms with Crippen molar-refractivity contribution in [3.8, 4) is 22.4 Å². The van der Waals surface area contributed by atoms with Crippen molar-refractivity contribution >= 4 is 11.7 Å². The Morgan fingerprint density at radius 3 is 2.41 bits per heavy atom. The van der Waals surface area contributed by atoms with Crippen molar-refractivity contribution in [2.45, 2.75) is 20.4 Å². The molecule has 32 heavy (non-hydrogen) atoms. The maximum atomic E-state index is 12.5. The molecule has 0 aliphatic heterocycles. The number of hydrogen-bond acceptors (Lipinski definition) is 5. The van der Waals surface area contributed by atoms with Crippen LogP contribution in [0.4, 0.5) is 0 Å². The van der Waals surface area contributed by atoms with Gasteiger partial charge in [-0.3, -0.25) is 24.5 Å². The fraction of sp³-hybridized carbons (Fsp3) is 0.115. The van der Waals surface area contributed by atoms with E-state index in [0.29, 0.717) is 17.8 Å². The molecular weight excluding hydrogens is 400 g/mol. The molecule has 1 aromatic carbocycles. The van der Waals surface area contributed by atoms with Crippen LogP contribution in [0.15, 0.2) is 79.3 Å². The fourth-order valence-corrected chi connectivity index (χ4v) is 3.29. The highest BCUT2D eigenvalue weighted by Gasteiger charge is 2.09. The second-order valence-corrected chi connectivity index (χ2v) is 7.49. The lowest BCUT2D eigenvalue weighted by molar-refractivity contribution is 0.0945. The minimum Gasteiger partial charge on any atom is -0.347 e. The number of nitrogens with one attached hydrogen (secondary N) is 1. The molecule has 1 N–H and O–H groups in total. The summed E-state index contributed by atoms with van der Waals surface area (Å²) >= 11 is 0. The summed E-state index contributed by atoms with van der Waals surface area (Å²) in [6.45, 7) is 3.83. The smallest absolute Gasteiger partial charge is 0.270 e. The van der Waals surface area contributed by atoms with Crippen LogP contribution < -0.4 is 5.32 Å². The minimum atomic E-state index is -0.261. The topological polar surface area (TPSA) is 84.8 Å². The second kappa shape index (κ2) is 9.31. The molecule has 1 amide bonds. The Morgan fingerprint density at radius 1 is 0.844 bits per heavy atom. The van der Waals surface area contributed by atoms with Gasteiger partial charge in [0.05, 0.1) is 5.69 Å². The predicted molar refractivity (Wildman–Crippen MR) is 123 cm³/mol. The first-order valence-electron chi connectivity index (χ1n) is 10.2. The number of amides is 1. The van der Waals surface area contributed by atoms with Gasteiger partial charge in [0.2, 0.25) is 0 Å². The summed E-state index contributed by atoms with van der Waals surface area (Å²) in [4.78, 5) is 37.1. The van der Waals surface area contributed by atoms with E-state index in [9.17, 15) is 9.59 Å². The van der Waals surface area contributed by atoms with E-state index < -0.39 is 0 Å². The molecule has 0 aliphatic rings. The number of carbonyl (C=O) groups is 2. The van der Waals surface area contributed by atoms with Crippen LogP contribution in [0, 0.1) is 6.92 Å². The van der Waals surface area contributed by atoms with Crippen molar-refractivity contribution in [2.24, 2.45) is 0 Å². The average Bonchev–Trinajstić information content (AvgIpc) is 2.83. The lowest BCUT2D eigenvalue weighted by Crippen LogP contribution is -2.23. The van der Waals surface area contributed by atoms with Gasteiger partial charge in [-0.2, -0.15) is 0 Å². The monoisotopic (exact) mass is 422 g/mol. The average molecular weight is 422 g/mol. The zero-order valence-corrected chi connectivity index (χ0v) is 17.9. The highest BCUT2D eigenvalue weighted by Crippen LogP contribution is 2.20. The molecule has 3 heterocycles. The quantitative estimate of drug-likeness (QED) is 0.457. The first-order valence-corrected chi connectivity index (χ1v) is 10.2. The van der Waals surface area contributed by atoms with Crippen LogP contribution in [0.1, 0.15) is 39.0 Å². The predicted octanol–water partition coefficient (Wildman–Crippen LogP) is 4.65. The van der Waals surface area contributed by atoms with Crippen molar-refractivity contribution < 1.29 is 9.59 Å². The summed E-state index contributed by atoms with van der Waals surface area (Å²) in [6, 6.07) is 18.6. The zero-order chi connectivity index (χ0) is 22.5. The molecule has 0 unspecified atom stereocenters. The van der Waals surface area contributed by atoms with Gasteiger partial charge < -0.3 is 5.32 Å². The summed E-state index contributed by atoms with van der Waals surface area (Å²) in [5.41, 5.74) is 6.39. The molecule has 3 aromatic heterocycles. The van der Waals surface area contributed by atoms with E-state index >= 15 is 0 Å². The third-order valence-electron chi connectivity index (χ3n) is 5.07. The molecule has 6 heteroatoms. The van der Waals surface area contributed by atoms with Gasteiger partial charge in [0.15, 0.2) is 5.78 Å². The Balaban J connectivity index is 1.39. The Morgan fingerprint density at radius 2 is 1.72 bits per heavy atom. The van der Waals surface area contributed by atoms with Crippen LogP contribution in [0.5, 0.6) is 0 Å². The number of hydrogen-bond donors (Lipinski definition) is 1. The first kappa shape index (κ1) is 21.1. The molecule has 0 radical (unpaired) electrons. The normalized spacial score (nSPS) is 10.6. The Kier molecular flexibility index (Phi) is 6.12. The Labute approximate surface area is 186 Å². The summed E-state index contributed by atoms with van der Waals surface area (Å²) < 4.78 is 0. The summed E-state index contributed by atoms with van der Waals surface area (Å²) in [5.74, 6) is -0.253. The lowest BCUT2D eigenvalue weighted by atomic mass is 10.0. The van der Waals surface area contributed by atoms with Crippen LogP contribution in [0.3, 0.4) is 0 Å². The SMILES string of the molecule is CC(=O)c1cccc(-c2ccc(C(=O)NCc3ccc(-c4ccnc(C)c4)nc3)nc2)c1. The van der Waals surface area contributed by atoms with Gasteiger partial charge in [0.25, 0.3) is 5.91 Å². The fourth-order valence-electron chi connectivity index (χ4n) is 3.29. The number of carbonyl (C=O) groups excluding carboxylic acids is 2. The van der Waals surface area contributed by atoms with Gasteiger partial charge in [0.1, 0.15) is 5.69 Å². The minimum absolute atomic E-state index is 0.00854. The number of aromatic nitrogens is 3. The van der Waals surface area contributed by atoms with Crippen molar-refractivity contribution in [3.05, 3.63) is 102 Å². The van der Waals surface area contributed by atoms with Crippen LogP contribution in [-0.2, 0) is 6.54 Å². The standard InChI is InChI=1S/C26H22N4O2/c1-17-12-22(10-11-27-17)24-8-6-19(14-28-24)15-30-26(32)25-9-7-23(16-29-25)21-5-3-4-20(13-21)18(2)31/h3-14,16H,15H2,1-2H3,(H,30,32). The van der Waals surface area contributed by atoms with Gasteiger partial charge in [-0.1, -0.05) is 30.3 Å². The highest BCUT2D eigenvalue weighted by atomic mass is 16.1. The van der Waals surface area contributed by atoms with Crippen molar-refractivity contribution in [1.29, 1.82) is 0 Å². The summed E-state index contributed by atoms with van der Waals surface area (Å²) in [7, 11) is 0. The zero-order valence-electron chi connectivity index (χ0n) is 17.9. The molecule has 0 atom stereocenters. The van der Waals surface area contributed by atoms with E-state index in [1.807, 2.05) is 55.5 Å². The molecule has 0 bridgehead atoms. The number of aryl methyl sites for hydroxylation is 1. The number of benzene rings is 1. The lowest BCUT2D eigenvalue weighted by Gasteiger charge is -2.07. The van der Waals surface area contributed by atoms with Gasteiger partial charge in [-0.25, -0.2) is 0 Å². The van der Waals surface area contributed by atoms with Crippen molar-refractivity contribution in [2.75, 3.05) is 0 Å². The summed E-state index contributed by atoms with van der Waals surface area (Å²) in [6.07, 6.45) is 5.16. The van der Waals surface area contributed by atoms with Crippen molar-refractivity contribution in [3.63, 3.8) is 0 Å². The van der Waals surface area contributed by atoms with Crippen LogP contribution in [-0.4, -0.2) is 26.6 Å². The molecule has 0 saturated heterocycles. The maximum absolute atomic E-state index is 12.5. The molecule has 0 fully saturated rings. The van der Waals surface area contributed by atoms with Crippen LogP contribution in [0.25, 0.3) is 22.4 Å². The van der Waals surface area contributed by atoms with E-state index in [1.165, 1.54) is 6.92 Å². The Hall–Kier alpha value is -4.19. The van der Waals surface area contributed by atoms with E-state index in [-0.39, 0.29) is 11.7 Å². The van der Waals surface area contributed by atoms with Crippen molar-refractivity contribution in [1.82, 2.24) is 20.3 Å². The van der Waals surface area contributed by atoms with Crippen LogP contribution >= 0.6 is 0 Å². The Bertz CT molecular complexity index is 1270. The molecule has 0 aliphatic carbocycles. The summed E-state index contributed by atoms with van der Waals surface area (Å²) in [5, 5.41) is 2.87. The largest absolute Gasteiger partial charge is 0.347 e. The maximum Gasteiger partial charge on any atom is 0.270 e. The number of ketones is 1. The van der Waals surface area contributed by atoms with E-state index in [4.69, 9.17) is 0 Å². The molecule has 0 spiro atoms. The van der Waals surface area contributed by atoms with Gasteiger partial charge in [0, 0.05) is 47.5 Å². The van der Waals surface area contributed by atoms with Crippen LogP contribution in [0.2, 0.25) is 0 Å². The molecule has 0 saturated carbocycles. The number of Topliss-reactive ketones (excluding diaryl/α,β-unsaturated/α-hetero) is 1. The highest BCUT2D eigenvalue weighted by molar-refractivity contribution is 5.95. The van der Waals surface area contributed by atoms with Gasteiger partial charge in [-0.15, -0.1) is 0 Å². The van der Waals surface area contributed by atoms with E-state index in [2.05, 4.69) is 20.3 Å². The van der Waals surface area contributed by atoms with E-state index in [0.717, 1.165) is 33.6 Å². The molecular formula is C26H22N4O2. The number of pyridine rings is 3. The molecule has 4 aromatic rings. The third-order valence-corrected chi connectivity index (χ3v) is 5.07. The third kappa shape index (κ3) is 4.92. The van der Waals surface area contributed by atoms with E-state index in [1.54, 1.807) is 30.7 Å². The number of nitrogens with zero attached hydrogens (tertiary/aromatic N) is 3. The molecule has 4 rings (SSSR count). The van der Waals surface area contributed by atoms with Gasteiger partial charge in [-0.05, 0) is 55.3 Å². The second-order valence-electron chi connectivity index (χ2n) is 7.49. The molecule has 158 valence electrons. The van der Waals surface area contributed by atoms with Gasteiger partial charge >= 0.3 is 0 Å². The first-order chi connectivity index (χ1) is 15.5.